The minimum atomic E-state index is -0.288. The molecule has 7 nitrogen and oxygen atoms in total. The van der Waals surface area contributed by atoms with Crippen molar-refractivity contribution in [3.05, 3.63) is 47.7 Å². The summed E-state index contributed by atoms with van der Waals surface area (Å²) in [6, 6.07) is 7.06. The first kappa shape index (κ1) is 17.1. The number of rotatable bonds is 6. The second-order valence-electron chi connectivity index (χ2n) is 6.74. The van der Waals surface area contributed by atoms with Gasteiger partial charge in [-0.25, -0.2) is 4.98 Å². The molecule has 0 spiro atoms. The van der Waals surface area contributed by atoms with E-state index in [2.05, 4.69) is 10.3 Å². The average Bonchev–Trinajstić information content (AvgIpc) is 3.40. The minimum absolute atomic E-state index is 0.00741. The number of ether oxygens (including phenoxy) is 2. The Hall–Kier alpha value is -2.38. The second kappa shape index (κ2) is 7.47. The lowest BCUT2D eigenvalue weighted by molar-refractivity contribution is -0.0135. The highest BCUT2D eigenvalue weighted by Crippen LogP contribution is 2.41. The van der Waals surface area contributed by atoms with Crippen molar-refractivity contribution in [2.24, 2.45) is 0 Å². The summed E-state index contributed by atoms with van der Waals surface area (Å²) in [5.74, 6) is 1.46. The Bertz CT molecular complexity index is 754. The number of aliphatic hydroxyl groups is 1. The van der Waals surface area contributed by atoms with E-state index in [-0.39, 0.29) is 24.7 Å². The van der Waals surface area contributed by atoms with E-state index < -0.39 is 0 Å². The molecule has 2 aliphatic rings. The molecule has 0 unspecified atom stereocenters. The third kappa shape index (κ3) is 3.73. The zero-order valence-corrected chi connectivity index (χ0v) is 14.4. The normalized spacial score (nSPS) is 22.8. The van der Waals surface area contributed by atoms with Gasteiger partial charge in [0, 0.05) is 12.5 Å². The lowest BCUT2D eigenvalue weighted by Gasteiger charge is -2.32. The molecule has 2 atom stereocenters. The van der Waals surface area contributed by atoms with Crippen molar-refractivity contribution in [2.45, 2.75) is 43.9 Å². The Morgan fingerprint density at radius 2 is 2.08 bits per heavy atom. The standard InChI is InChI=1S/C19H22N2O5/c22-9-12-1-5-14(6-2-12)26-16-10-24-8-7-15(16)21-19(23)17-18(13-3-4-13)25-11-20-17/h1-2,5-6,11,13,15-16,22H,3-4,7-10H2,(H,21,23)/t15-,16-/m1/s1. The van der Waals surface area contributed by atoms with E-state index in [1.165, 1.54) is 6.39 Å². The van der Waals surface area contributed by atoms with Gasteiger partial charge in [0.2, 0.25) is 0 Å². The van der Waals surface area contributed by atoms with Gasteiger partial charge in [0.1, 0.15) is 17.6 Å². The largest absolute Gasteiger partial charge is 0.486 e. The molecule has 138 valence electrons. The number of carbonyl (C=O) groups is 1. The van der Waals surface area contributed by atoms with Crippen LogP contribution in [0.25, 0.3) is 0 Å². The van der Waals surface area contributed by atoms with E-state index in [0.717, 1.165) is 18.4 Å². The lowest BCUT2D eigenvalue weighted by Crippen LogP contribution is -2.51. The number of nitrogens with zero attached hydrogens (tertiary/aromatic N) is 1. The fourth-order valence-corrected chi connectivity index (χ4v) is 3.14. The molecule has 2 N–H and O–H groups in total. The Morgan fingerprint density at radius 1 is 1.27 bits per heavy atom. The van der Waals surface area contributed by atoms with Crippen LogP contribution < -0.4 is 10.1 Å². The fraction of sp³-hybridized carbons (Fsp3) is 0.474. The highest BCUT2D eigenvalue weighted by atomic mass is 16.5. The molecule has 2 heterocycles. The predicted molar refractivity (Wildman–Crippen MR) is 91.9 cm³/mol. The van der Waals surface area contributed by atoms with E-state index in [0.29, 0.717) is 42.8 Å². The molecule has 2 fully saturated rings. The topological polar surface area (TPSA) is 93.8 Å². The summed E-state index contributed by atoms with van der Waals surface area (Å²) in [6.45, 7) is 0.968. The molecule has 26 heavy (non-hydrogen) atoms. The van der Waals surface area contributed by atoms with Gasteiger partial charge in [-0.3, -0.25) is 4.79 Å². The number of aromatic nitrogens is 1. The SMILES string of the molecule is O=C(N[C@@H]1CCOC[C@H]1Oc1ccc(CO)cc1)c1ncoc1C1CC1. The van der Waals surface area contributed by atoms with E-state index >= 15 is 0 Å². The van der Waals surface area contributed by atoms with Gasteiger partial charge in [-0.05, 0) is 37.0 Å². The van der Waals surface area contributed by atoms with Crippen LogP contribution >= 0.6 is 0 Å². The summed E-state index contributed by atoms with van der Waals surface area (Å²) in [4.78, 5) is 16.7. The molecule has 4 rings (SSSR count). The maximum atomic E-state index is 12.7. The third-order valence-electron chi connectivity index (χ3n) is 4.77. The number of oxazole rings is 1. The highest BCUT2D eigenvalue weighted by molar-refractivity contribution is 5.93. The van der Waals surface area contributed by atoms with Gasteiger partial charge < -0.3 is 24.3 Å². The van der Waals surface area contributed by atoms with Crippen molar-refractivity contribution in [1.29, 1.82) is 0 Å². The van der Waals surface area contributed by atoms with Gasteiger partial charge in [0.25, 0.3) is 5.91 Å². The van der Waals surface area contributed by atoms with Crippen LogP contribution in [0.1, 0.15) is 47.0 Å². The minimum Gasteiger partial charge on any atom is -0.486 e. The second-order valence-corrected chi connectivity index (χ2v) is 6.74. The van der Waals surface area contributed by atoms with Crippen LogP contribution in [0.15, 0.2) is 35.1 Å². The molecule has 2 aromatic rings. The summed E-state index contributed by atoms with van der Waals surface area (Å²) in [5.41, 5.74) is 1.20. The number of amides is 1. The van der Waals surface area contributed by atoms with Gasteiger partial charge >= 0.3 is 0 Å². The predicted octanol–water partition coefficient (Wildman–Crippen LogP) is 2.01. The Balaban J connectivity index is 1.43. The van der Waals surface area contributed by atoms with Crippen LogP contribution in [0, 0.1) is 0 Å². The Kier molecular flexibility index (Phi) is 4.90. The van der Waals surface area contributed by atoms with Crippen molar-refractivity contribution in [3.63, 3.8) is 0 Å². The van der Waals surface area contributed by atoms with Crippen molar-refractivity contribution in [1.82, 2.24) is 10.3 Å². The van der Waals surface area contributed by atoms with Crippen LogP contribution in [-0.4, -0.2) is 41.4 Å². The van der Waals surface area contributed by atoms with Gasteiger partial charge in [0.15, 0.2) is 12.1 Å². The zero-order valence-electron chi connectivity index (χ0n) is 14.4. The van der Waals surface area contributed by atoms with Crippen LogP contribution in [0.3, 0.4) is 0 Å². The third-order valence-corrected chi connectivity index (χ3v) is 4.77. The highest BCUT2D eigenvalue weighted by Gasteiger charge is 2.35. The van der Waals surface area contributed by atoms with E-state index in [1.807, 2.05) is 24.3 Å². The lowest BCUT2D eigenvalue weighted by atomic mass is 10.1. The maximum Gasteiger partial charge on any atom is 0.273 e. The smallest absolute Gasteiger partial charge is 0.273 e. The fourth-order valence-electron chi connectivity index (χ4n) is 3.14. The van der Waals surface area contributed by atoms with Crippen LogP contribution in [0.4, 0.5) is 0 Å². The van der Waals surface area contributed by atoms with Gasteiger partial charge in [-0.15, -0.1) is 0 Å². The number of nitrogens with one attached hydrogen (secondary N) is 1. The molecule has 1 aromatic carbocycles. The molecule has 1 saturated heterocycles. The summed E-state index contributed by atoms with van der Waals surface area (Å²) in [6.07, 6.45) is 3.80. The van der Waals surface area contributed by atoms with Crippen LogP contribution in [-0.2, 0) is 11.3 Å². The van der Waals surface area contributed by atoms with Crippen molar-refractivity contribution in [3.8, 4) is 5.75 Å². The van der Waals surface area contributed by atoms with E-state index in [4.69, 9.17) is 19.0 Å². The first-order valence-electron chi connectivity index (χ1n) is 8.93. The molecular formula is C19H22N2O5. The van der Waals surface area contributed by atoms with Crippen molar-refractivity contribution < 1.29 is 23.8 Å². The van der Waals surface area contributed by atoms with Gasteiger partial charge in [-0.1, -0.05) is 12.1 Å². The quantitative estimate of drug-likeness (QED) is 0.820. The monoisotopic (exact) mass is 358 g/mol. The van der Waals surface area contributed by atoms with E-state index in [9.17, 15) is 4.79 Å². The number of benzene rings is 1. The molecule has 1 aliphatic carbocycles. The number of hydrogen-bond acceptors (Lipinski definition) is 6. The molecule has 1 aromatic heterocycles. The molecular weight excluding hydrogens is 336 g/mol. The van der Waals surface area contributed by atoms with Gasteiger partial charge in [-0.2, -0.15) is 0 Å². The first-order valence-corrected chi connectivity index (χ1v) is 8.93. The molecule has 7 heteroatoms. The van der Waals surface area contributed by atoms with Crippen molar-refractivity contribution in [2.75, 3.05) is 13.2 Å². The molecule has 1 aliphatic heterocycles. The molecule has 0 bridgehead atoms. The summed E-state index contributed by atoms with van der Waals surface area (Å²) in [5, 5.41) is 12.2. The number of carbonyl (C=O) groups excluding carboxylic acids is 1. The maximum absolute atomic E-state index is 12.7. The molecule has 1 saturated carbocycles. The van der Waals surface area contributed by atoms with Crippen LogP contribution in [0.2, 0.25) is 0 Å². The van der Waals surface area contributed by atoms with E-state index in [1.54, 1.807) is 0 Å². The number of aliphatic hydroxyl groups excluding tert-OH is 1. The Labute approximate surface area is 151 Å². The summed E-state index contributed by atoms with van der Waals surface area (Å²) >= 11 is 0. The van der Waals surface area contributed by atoms with Crippen LogP contribution in [0.5, 0.6) is 5.75 Å². The Morgan fingerprint density at radius 3 is 2.81 bits per heavy atom. The molecule has 1 amide bonds. The summed E-state index contributed by atoms with van der Waals surface area (Å²) in [7, 11) is 0. The number of hydrogen-bond donors (Lipinski definition) is 2. The first-order chi connectivity index (χ1) is 12.7. The zero-order chi connectivity index (χ0) is 17.9. The average molecular weight is 358 g/mol. The van der Waals surface area contributed by atoms with Crippen molar-refractivity contribution >= 4 is 5.91 Å². The van der Waals surface area contributed by atoms with Gasteiger partial charge in [0.05, 0.1) is 19.3 Å². The summed E-state index contributed by atoms with van der Waals surface area (Å²) < 4.78 is 16.9. The molecule has 0 radical (unpaired) electrons.